The minimum atomic E-state index is 0.781. The van der Waals surface area contributed by atoms with Gasteiger partial charge in [0.05, 0.1) is 0 Å². The topological polar surface area (TPSA) is 21.3 Å². The fourth-order valence-electron chi connectivity index (χ4n) is 2.33. The van der Waals surface area contributed by atoms with Crippen molar-refractivity contribution in [2.24, 2.45) is 0 Å². The summed E-state index contributed by atoms with van der Waals surface area (Å²) in [6, 6.07) is 5.47. The van der Waals surface area contributed by atoms with Crippen molar-refractivity contribution in [2.75, 3.05) is 13.7 Å². The molecule has 2 nitrogen and oxygen atoms in total. The van der Waals surface area contributed by atoms with Crippen LogP contribution < -0.4 is 5.32 Å². The SMILES string of the molecule is COCCCc1cc(CNC2CC2)cc(C)c1C. The van der Waals surface area contributed by atoms with Crippen LogP contribution in [0.2, 0.25) is 0 Å². The van der Waals surface area contributed by atoms with Crippen LogP contribution in [0.3, 0.4) is 0 Å². The van der Waals surface area contributed by atoms with E-state index in [0.29, 0.717) is 0 Å². The van der Waals surface area contributed by atoms with Crippen molar-refractivity contribution in [1.82, 2.24) is 5.32 Å². The second kappa shape index (κ2) is 6.35. The number of hydrogen-bond acceptors (Lipinski definition) is 2. The molecule has 1 aliphatic rings. The first kappa shape index (κ1) is 13.6. The zero-order chi connectivity index (χ0) is 13.0. The summed E-state index contributed by atoms with van der Waals surface area (Å²) in [7, 11) is 1.77. The molecular weight excluding hydrogens is 222 g/mol. The molecule has 1 aromatic rings. The maximum Gasteiger partial charge on any atom is 0.0465 e. The van der Waals surface area contributed by atoms with Gasteiger partial charge in [-0.05, 0) is 61.8 Å². The lowest BCUT2D eigenvalue weighted by Crippen LogP contribution is -2.15. The molecule has 0 atom stereocenters. The van der Waals surface area contributed by atoms with Crippen molar-refractivity contribution in [3.8, 4) is 0 Å². The van der Waals surface area contributed by atoms with Crippen molar-refractivity contribution < 1.29 is 4.74 Å². The van der Waals surface area contributed by atoms with Crippen LogP contribution in [0.15, 0.2) is 12.1 Å². The van der Waals surface area contributed by atoms with E-state index in [-0.39, 0.29) is 0 Å². The highest BCUT2D eigenvalue weighted by Gasteiger charge is 2.20. The second-order valence-corrected chi connectivity index (χ2v) is 5.45. The first-order chi connectivity index (χ1) is 8.70. The summed E-state index contributed by atoms with van der Waals surface area (Å²) in [4.78, 5) is 0. The van der Waals surface area contributed by atoms with Crippen LogP contribution in [0.25, 0.3) is 0 Å². The van der Waals surface area contributed by atoms with Crippen LogP contribution in [0.4, 0.5) is 0 Å². The Morgan fingerprint density at radius 2 is 2.06 bits per heavy atom. The predicted octanol–water partition coefficient (Wildman–Crippen LogP) is 3.13. The van der Waals surface area contributed by atoms with E-state index in [4.69, 9.17) is 4.74 Å². The Labute approximate surface area is 111 Å². The van der Waals surface area contributed by atoms with Gasteiger partial charge in [0.15, 0.2) is 0 Å². The molecule has 0 amide bonds. The average molecular weight is 247 g/mol. The van der Waals surface area contributed by atoms with E-state index in [1.807, 2.05) is 0 Å². The second-order valence-electron chi connectivity index (χ2n) is 5.45. The predicted molar refractivity (Wildman–Crippen MR) is 76.0 cm³/mol. The Bertz CT molecular complexity index is 396. The normalized spacial score (nSPS) is 15.1. The third-order valence-electron chi connectivity index (χ3n) is 3.80. The largest absolute Gasteiger partial charge is 0.385 e. The lowest BCUT2D eigenvalue weighted by atomic mass is 9.96. The van der Waals surface area contributed by atoms with Crippen molar-refractivity contribution in [2.45, 2.75) is 52.1 Å². The Morgan fingerprint density at radius 1 is 1.28 bits per heavy atom. The number of aryl methyl sites for hydroxylation is 2. The number of benzene rings is 1. The lowest BCUT2D eigenvalue weighted by Gasteiger charge is -2.13. The van der Waals surface area contributed by atoms with Gasteiger partial charge in [0.1, 0.15) is 0 Å². The Balaban J connectivity index is 2.00. The standard InChI is InChI=1S/C16H25NO/c1-12-9-14(11-17-16-6-7-16)10-15(13(12)2)5-4-8-18-3/h9-10,16-17H,4-8,11H2,1-3H3. The van der Waals surface area contributed by atoms with Gasteiger partial charge in [-0.25, -0.2) is 0 Å². The van der Waals surface area contributed by atoms with Gasteiger partial charge in [0.2, 0.25) is 0 Å². The van der Waals surface area contributed by atoms with Crippen LogP contribution in [-0.4, -0.2) is 19.8 Å². The quantitative estimate of drug-likeness (QED) is 0.747. The highest BCUT2D eigenvalue weighted by atomic mass is 16.5. The van der Waals surface area contributed by atoms with Crippen LogP contribution in [0.5, 0.6) is 0 Å². The van der Waals surface area contributed by atoms with Crippen molar-refractivity contribution >= 4 is 0 Å². The molecule has 2 rings (SSSR count). The molecule has 0 unspecified atom stereocenters. The minimum absolute atomic E-state index is 0.781. The Hall–Kier alpha value is -0.860. The molecule has 18 heavy (non-hydrogen) atoms. The van der Waals surface area contributed by atoms with Crippen LogP contribution >= 0.6 is 0 Å². The van der Waals surface area contributed by atoms with Gasteiger partial charge in [0, 0.05) is 26.3 Å². The van der Waals surface area contributed by atoms with Crippen LogP contribution in [0, 0.1) is 13.8 Å². The molecule has 0 spiro atoms. The van der Waals surface area contributed by atoms with Gasteiger partial charge in [0.25, 0.3) is 0 Å². The number of methoxy groups -OCH3 is 1. The smallest absolute Gasteiger partial charge is 0.0465 e. The molecular formula is C16H25NO. The molecule has 0 saturated heterocycles. The summed E-state index contributed by atoms with van der Waals surface area (Å²) >= 11 is 0. The first-order valence-electron chi connectivity index (χ1n) is 7.02. The van der Waals surface area contributed by atoms with Gasteiger partial charge in [-0.15, -0.1) is 0 Å². The summed E-state index contributed by atoms with van der Waals surface area (Å²) in [5, 5.41) is 3.59. The van der Waals surface area contributed by atoms with Gasteiger partial charge in [-0.2, -0.15) is 0 Å². The van der Waals surface area contributed by atoms with E-state index in [2.05, 4.69) is 31.3 Å². The molecule has 100 valence electrons. The van der Waals surface area contributed by atoms with E-state index in [0.717, 1.165) is 32.0 Å². The highest BCUT2D eigenvalue weighted by Crippen LogP contribution is 2.21. The minimum Gasteiger partial charge on any atom is -0.385 e. The Morgan fingerprint density at radius 3 is 2.72 bits per heavy atom. The van der Waals surface area contributed by atoms with E-state index >= 15 is 0 Å². The number of rotatable bonds is 7. The summed E-state index contributed by atoms with van der Waals surface area (Å²) in [5.41, 5.74) is 5.77. The molecule has 0 radical (unpaired) electrons. The molecule has 1 fully saturated rings. The molecule has 2 heteroatoms. The fourth-order valence-corrected chi connectivity index (χ4v) is 2.33. The third kappa shape index (κ3) is 3.82. The molecule has 0 aliphatic heterocycles. The van der Waals surface area contributed by atoms with Gasteiger partial charge in [-0.3, -0.25) is 0 Å². The maximum atomic E-state index is 5.14. The molecule has 1 N–H and O–H groups in total. The van der Waals surface area contributed by atoms with Crippen molar-refractivity contribution in [3.05, 3.63) is 34.4 Å². The number of hydrogen-bond donors (Lipinski definition) is 1. The molecule has 0 heterocycles. The fraction of sp³-hybridized carbons (Fsp3) is 0.625. The summed E-state index contributed by atoms with van der Waals surface area (Å²) in [6.45, 7) is 6.32. The summed E-state index contributed by atoms with van der Waals surface area (Å²) in [5.74, 6) is 0. The lowest BCUT2D eigenvalue weighted by molar-refractivity contribution is 0.195. The molecule has 1 aliphatic carbocycles. The first-order valence-corrected chi connectivity index (χ1v) is 7.02. The average Bonchev–Trinajstić information content (AvgIpc) is 3.16. The monoisotopic (exact) mass is 247 g/mol. The molecule has 1 saturated carbocycles. The molecule has 0 aromatic heterocycles. The van der Waals surface area contributed by atoms with E-state index < -0.39 is 0 Å². The third-order valence-corrected chi connectivity index (χ3v) is 3.80. The zero-order valence-corrected chi connectivity index (χ0v) is 11.9. The van der Waals surface area contributed by atoms with Crippen LogP contribution in [0.1, 0.15) is 41.5 Å². The van der Waals surface area contributed by atoms with E-state index in [1.165, 1.54) is 35.1 Å². The van der Waals surface area contributed by atoms with Crippen molar-refractivity contribution in [1.29, 1.82) is 0 Å². The summed E-state index contributed by atoms with van der Waals surface area (Å²) in [6.07, 6.45) is 4.94. The highest BCUT2D eigenvalue weighted by molar-refractivity contribution is 5.38. The maximum absolute atomic E-state index is 5.14. The summed E-state index contributed by atoms with van der Waals surface area (Å²) < 4.78 is 5.14. The van der Waals surface area contributed by atoms with Crippen molar-refractivity contribution in [3.63, 3.8) is 0 Å². The van der Waals surface area contributed by atoms with E-state index in [9.17, 15) is 0 Å². The van der Waals surface area contributed by atoms with Gasteiger partial charge >= 0.3 is 0 Å². The number of ether oxygens (including phenoxy) is 1. The van der Waals surface area contributed by atoms with Gasteiger partial charge in [-0.1, -0.05) is 12.1 Å². The molecule has 0 bridgehead atoms. The van der Waals surface area contributed by atoms with E-state index in [1.54, 1.807) is 7.11 Å². The zero-order valence-electron chi connectivity index (χ0n) is 11.9. The molecule has 1 aromatic carbocycles. The Kier molecular flexibility index (Phi) is 4.79. The van der Waals surface area contributed by atoms with Crippen LogP contribution in [-0.2, 0) is 17.7 Å². The van der Waals surface area contributed by atoms with Gasteiger partial charge < -0.3 is 10.1 Å². The number of nitrogens with one attached hydrogen (secondary N) is 1.